The first-order valence-corrected chi connectivity index (χ1v) is 6.71. The Hall–Kier alpha value is -0.350. The predicted molar refractivity (Wildman–Crippen MR) is 69.5 cm³/mol. The Labute approximate surface area is 107 Å². The molecule has 0 heterocycles. The number of benzene rings is 1. The lowest BCUT2D eigenvalue weighted by atomic mass is 10.2. The van der Waals surface area contributed by atoms with Crippen LogP contribution in [0.15, 0.2) is 28.7 Å². The Bertz CT molecular complexity index is 337. The minimum Gasteiger partial charge on any atom is -0.348 e. The summed E-state index contributed by atoms with van der Waals surface area (Å²) in [7, 11) is 0. The molecule has 0 aliphatic heterocycles. The van der Waals surface area contributed by atoms with Crippen LogP contribution in [0.25, 0.3) is 0 Å². The fraction of sp³-hybridized carbons (Fsp3) is 0.364. The highest BCUT2D eigenvalue weighted by Crippen LogP contribution is 2.15. The van der Waals surface area contributed by atoms with Crippen molar-refractivity contribution in [2.24, 2.45) is 0 Å². The van der Waals surface area contributed by atoms with Crippen LogP contribution in [0.5, 0.6) is 0 Å². The van der Waals surface area contributed by atoms with E-state index in [1.54, 1.807) is 6.07 Å². The number of rotatable bonds is 4. The topological polar surface area (TPSA) is 29.1 Å². The van der Waals surface area contributed by atoms with E-state index in [2.05, 4.69) is 37.2 Å². The second-order valence-electron chi connectivity index (χ2n) is 3.21. The van der Waals surface area contributed by atoms with E-state index in [0.29, 0.717) is 5.56 Å². The highest BCUT2D eigenvalue weighted by Gasteiger charge is 2.12. The van der Waals surface area contributed by atoms with Gasteiger partial charge >= 0.3 is 0 Å². The standard InChI is InChI=1S/C11H13Br2NO/c1-2-8(7-12)14-11(15)9-5-3-4-6-10(9)13/h3-6,8H,2,7H2,1H3,(H,14,15). The van der Waals surface area contributed by atoms with Crippen molar-refractivity contribution >= 4 is 37.8 Å². The van der Waals surface area contributed by atoms with Gasteiger partial charge in [-0.25, -0.2) is 0 Å². The van der Waals surface area contributed by atoms with E-state index in [0.717, 1.165) is 16.2 Å². The minimum absolute atomic E-state index is 0.0335. The highest BCUT2D eigenvalue weighted by atomic mass is 79.9. The minimum atomic E-state index is -0.0335. The summed E-state index contributed by atoms with van der Waals surface area (Å²) in [6.07, 6.45) is 0.918. The Morgan fingerprint density at radius 1 is 1.47 bits per heavy atom. The molecule has 0 saturated carbocycles. The molecule has 0 bridgehead atoms. The molecule has 2 nitrogen and oxygen atoms in total. The molecular weight excluding hydrogens is 322 g/mol. The normalized spacial score (nSPS) is 12.2. The van der Waals surface area contributed by atoms with Gasteiger partial charge in [0.25, 0.3) is 5.91 Å². The molecule has 1 N–H and O–H groups in total. The zero-order valence-corrected chi connectivity index (χ0v) is 11.6. The van der Waals surface area contributed by atoms with Crippen LogP contribution in [-0.2, 0) is 0 Å². The predicted octanol–water partition coefficient (Wildman–Crippen LogP) is 3.35. The molecule has 1 unspecified atom stereocenters. The smallest absolute Gasteiger partial charge is 0.252 e. The van der Waals surface area contributed by atoms with Crippen molar-refractivity contribution in [3.05, 3.63) is 34.3 Å². The lowest BCUT2D eigenvalue weighted by Gasteiger charge is -2.14. The van der Waals surface area contributed by atoms with E-state index in [1.165, 1.54) is 0 Å². The molecule has 1 aromatic carbocycles. The van der Waals surface area contributed by atoms with Gasteiger partial charge in [0.15, 0.2) is 0 Å². The Balaban J connectivity index is 2.73. The summed E-state index contributed by atoms with van der Waals surface area (Å²) >= 11 is 6.73. The molecular formula is C11H13Br2NO. The lowest BCUT2D eigenvalue weighted by molar-refractivity contribution is 0.0939. The third-order valence-electron chi connectivity index (χ3n) is 2.13. The number of hydrogen-bond donors (Lipinski definition) is 1. The average Bonchev–Trinajstić information content (AvgIpc) is 2.26. The zero-order valence-electron chi connectivity index (χ0n) is 8.47. The van der Waals surface area contributed by atoms with Gasteiger partial charge in [-0.3, -0.25) is 4.79 Å². The molecule has 4 heteroatoms. The number of alkyl halides is 1. The quantitative estimate of drug-likeness (QED) is 0.840. The fourth-order valence-corrected chi connectivity index (χ4v) is 2.24. The van der Waals surface area contributed by atoms with Gasteiger partial charge in [-0.15, -0.1) is 0 Å². The van der Waals surface area contributed by atoms with E-state index in [1.807, 2.05) is 25.1 Å². The molecule has 1 aromatic rings. The number of carbonyl (C=O) groups is 1. The second kappa shape index (κ2) is 6.28. The van der Waals surface area contributed by atoms with E-state index in [-0.39, 0.29) is 11.9 Å². The van der Waals surface area contributed by atoms with Gasteiger partial charge in [0.05, 0.1) is 5.56 Å². The molecule has 1 amide bonds. The van der Waals surface area contributed by atoms with E-state index >= 15 is 0 Å². The van der Waals surface area contributed by atoms with Crippen molar-refractivity contribution in [1.29, 1.82) is 0 Å². The number of amides is 1. The van der Waals surface area contributed by atoms with Gasteiger partial charge in [-0.05, 0) is 34.5 Å². The summed E-state index contributed by atoms with van der Waals surface area (Å²) in [5, 5.41) is 3.74. The number of nitrogens with one attached hydrogen (secondary N) is 1. The molecule has 0 fully saturated rings. The lowest BCUT2D eigenvalue weighted by Crippen LogP contribution is -2.35. The summed E-state index contributed by atoms with van der Waals surface area (Å²) in [5.41, 5.74) is 0.678. The van der Waals surface area contributed by atoms with Crippen LogP contribution < -0.4 is 5.32 Å². The zero-order chi connectivity index (χ0) is 11.3. The molecule has 0 aliphatic carbocycles. The summed E-state index contributed by atoms with van der Waals surface area (Å²) in [6.45, 7) is 2.05. The molecule has 0 aliphatic rings. The third kappa shape index (κ3) is 3.61. The monoisotopic (exact) mass is 333 g/mol. The molecule has 82 valence electrons. The van der Waals surface area contributed by atoms with Crippen molar-refractivity contribution in [1.82, 2.24) is 5.32 Å². The van der Waals surface area contributed by atoms with Crippen molar-refractivity contribution in [2.45, 2.75) is 19.4 Å². The Kier molecular flexibility index (Phi) is 5.32. The highest BCUT2D eigenvalue weighted by molar-refractivity contribution is 9.10. The second-order valence-corrected chi connectivity index (χ2v) is 4.71. The third-order valence-corrected chi connectivity index (χ3v) is 3.61. The molecule has 1 rings (SSSR count). The van der Waals surface area contributed by atoms with Gasteiger partial charge in [0.1, 0.15) is 0 Å². The van der Waals surface area contributed by atoms with Crippen LogP contribution in [0.2, 0.25) is 0 Å². The first-order chi connectivity index (χ1) is 7.19. The summed E-state index contributed by atoms with van der Waals surface area (Å²) in [4.78, 5) is 11.8. The van der Waals surface area contributed by atoms with Crippen LogP contribution in [0.3, 0.4) is 0 Å². The van der Waals surface area contributed by atoms with Crippen LogP contribution in [0, 0.1) is 0 Å². The maximum Gasteiger partial charge on any atom is 0.252 e. The maximum absolute atomic E-state index is 11.8. The van der Waals surface area contributed by atoms with Crippen LogP contribution in [0.4, 0.5) is 0 Å². The molecule has 0 spiro atoms. The van der Waals surface area contributed by atoms with Crippen LogP contribution in [-0.4, -0.2) is 17.3 Å². The van der Waals surface area contributed by atoms with E-state index in [9.17, 15) is 4.79 Å². The largest absolute Gasteiger partial charge is 0.348 e. The van der Waals surface area contributed by atoms with Gasteiger partial charge in [0, 0.05) is 15.8 Å². The van der Waals surface area contributed by atoms with Gasteiger partial charge in [-0.1, -0.05) is 35.0 Å². The summed E-state index contributed by atoms with van der Waals surface area (Å²) in [6, 6.07) is 7.60. The Morgan fingerprint density at radius 3 is 2.67 bits per heavy atom. The van der Waals surface area contributed by atoms with Crippen molar-refractivity contribution in [3.63, 3.8) is 0 Å². The summed E-state index contributed by atoms with van der Waals surface area (Å²) in [5.74, 6) is -0.0335. The van der Waals surface area contributed by atoms with E-state index in [4.69, 9.17) is 0 Å². The van der Waals surface area contributed by atoms with Crippen molar-refractivity contribution < 1.29 is 4.79 Å². The number of hydrogen-bond acceptors (Lipinski definition) is 1. The molecule has 15 heavy (non-hydrogen) atoms. The first-order valence-electron chi connectivity index (χ1n) is 4.80. The number of carbonyl (C=O) groups excluding carboxylic acids is 1. The molecule has 1 atom stereocenters. The van der Waals surface area contributed by atoms with Crippen LogP contribution in [0.1, 0.15) is 23.7 Å². The Morgan fingerprint density at radius 2 is 2.13 bits per heavy atom. The maximum atomic E-state index is 11.8. The van der Waals surface area contributed by atoms with Crippen molar-refractivity contribution in [3.8, 4) is 0 Å². The SMILES string of the molecule is CCC(CBr)NC(=O)c1ccccc1Br. The van der Waals surface area contributed by atoms with Gasteiger partial charge in [-0.2, -0.15) is 0 Å². The molecule has 0 aromatic heterocycles. The molecule has 0 saturated heterocycles. The van der Waals surface area contributed by atoms with Crippen molar-refractivity contribution in [2.75, 3.05) is 5.33 Å². The first kappa shape index (κ1) is 12.7. The number of halogens is 2. The fourth-order valence-electron chi connectivity index (χ4n) is 1.16. The van der Waals surface area contributed by atoms with E-state index < -0.39 is 0 Å². The summed E-state index contributed by atoms with van der Waals surface area (Å²) < 4.78 is 0.826. The van der Waals surface area contributed by atoms with Crippen LogP contribution >= 0.6 is 31.9 Å². The van der Waals surface area contributed by atoms with Gasteiger partial charge < -0.3 is 5.32 Å². The average molecular weight is 335 g/mol. The molecule has 0 radical (unpaired) electrons. The van der Waals surface area contributed by atoms with Gasteiger partial charge in [0.2, 0.25) is 0 Å².